The molecule has 0 fully saturated rings. The molecule has 0 bridgehead atoms. The summed E-state index contributed by atoms with van der Waals surface area (Å²) in [6, 6.07) is 5.25. The molecule has 0 aromatic heterocycles. The van der Waals surface area contributed by atoms with E-state index in [-0.39, 0.29) is 0 Å². The minimum atomic E-state index is -1.96. The van der Waals surface area contributed by atoms with E-state index >= 15 is 0 Å². The molecule has 116 valence electrons. The highest BCUT2D eigenvalue weighted by Crippen LogP contribution is 2.39. The van der Waals surface area contributed by atoms with Crippen molar-refractivity contribution in [2.45, 2.75) is 65.3 Å². The van der Waals surface area contributed by atoms with Gasteiger partial charge < -0.3 is 8.85 Å². The first kappa shape index (κ1) is 19.7. The third-order valence-electron chi connectivity index (χ3n) is 4.37. The predicted molar refractivity (Wildman–Crippen MR) is 93.9 cm³/mol. The van der Waals surface area contributed by atoms with Crippen molar-refractivity contribution in [2.24, 2.45) is 5.41 Å². The van der Waals surface area contributed by atoms with E-state index in [1.54, 1.807) is 14.2 Å². The molecule has 0 radical (unpaired) electrons. The largest absolute Gasteiger partial charge is 0.398 e. The maximum Gasteiger partial charge on any atom is 0.334 e. The summed E-state index contributed by atoms with van der Waals surface area (Å²) in [4.78, 5) is 0. The molecule has 0 atom stereocenters. The first-order chi connectivity index (χ1) is 8.72. The van der Waals surface area contributed by atoms with Gasteiger partial charge in [-0.2, -0.15) is 11.2 Å². The van der Waals surface area contributed by atoms with E-state index in [9.17, 15) is 0 Å². The van der Waals surface area contributed by atoms with Crippen LogP contribution in [0.3, 0.4) is 0 Å². The van der Waals surface area contributed by atoms with E-state index < -0.39 is 15.8 Å². The molecule has 2 nitrogen and oxygen atoms in total. The van der Waals surface area contributed by atoms with E-state index in [1.807, 2.05) is 0 Å². The fraction of sp³-hybridized carbons (Fsp3) is 1.00. The van der Waals surface area contributed by atoms with Crippen molar-refractivity contribution >= 4 is 27.0 Å². The Morgan fingerprint density at radius 3 is 1.68 bits per heavy atom. The van der Waals surface area contributed by atoms with Crippen LogP contribution in [0.5, 0.6) is 0 Å². The van der Waals surface area contributed by atoms with Gasteiger partial charge in [0.15, 0.2) is 0 Å². The third kappa shape index (κ3) is 6.33. The molecule has 0 aromatic carbocycles. The van der Waals surface area contributed by atoms with Crippen molar-refractivity contribution in [2.75, 3.05) is 20.0 Å². The van der Waals surface area contributed by atoms with Crippen LogP contribution in [0.15, 0.2) is 0 Å². The molecule has 0 heterocycles. The molecule has 0 unspecified atom stereocenters. The van der Waals surface area contributed by atoms with Crippen LogP contribution in [0, 0.1) is 5.41 Å². The lowest BCUT2D eigenvalue weighted by Crippen LogP contribution is -2.42. The Morgan fingerprint density at radius 1 is 0.947 bits per heavy atom. The Hall–Kier alpha value is 0.704. The fourth-order valence-corrected chi connectivity index (χ4v) is 11.9. The summed E-state index contributed by atoms with van der Waals surface area (Å²) in [6.07, 6.45) is 0. The van der Waals surface area contributed by atoms with Crippen LogP contribution in [0.25, 0.3) is 0 Å². The van der Waals surface area contributed by atoms with E-state index in [4.69, 9.17) is 8.85 Å². The molecule has 19 heavy (non-hydrogen) atoms. The normalized spacial score (nSPS) is 13.9. The van der Waals surface area contributed by atoms with E-state index in [1.165, 1.54) is 23.9 Å². The summed E-state index contributed by atoms with van der Waals surface area (Å²) < 4.78 is 11.3. The highest BCUT2D eigenvalue weighted by molar-refractivity contribution is 8.29. The number of hydrogen-bond donors (Lipinski definition) is 0. The molecule has 0 spiro atoms. The van der Waals surface area contributed by atoms with Gasteiger partial charge in [0, 0.05) is 14.2 Å². The summed E-state index contributed by atoms with van der Waals surface area (Å²) in [5.41, 5.74) is 0.301. The van der Waals surface area contributed by atoms with Crippen LogP contribution in [0.2, 0.25) is 30.7 Å². The molecule has 0 aromatic rings. The summed E-state index contributed by atoms with van der Waals surface area (Å²) in [6.45, 7) is 14.0. The molecule has 0 saturated heterocycles. The summed E-state index contributed by atoms with van der Waals surface area (Å²) in [5.74, 6) is 1.24. The van der Waals surface area contributed by atoms with Crippen LogP contribution in [-0.2, 0) is 8.85 Å². The van der Waals surface area contributed by atoms with Gasteiger partial charge in [-0.05, 0) is 23.8 Å². The molecule has 0 rings (SSSR count). The van der Waals surface area contributed by atoms with Gasteiger partial charge >= 0.3 is 8.56 Å². The Balaban J connectivity index is 4.60. The average molecular weight is 323 g/mol. The third-order valence-corrected chi connectivity index (χ3v) is 18.0. The molecule has 0 aliphatic rings. The zero-order valence-corrected chi connectivity index (χ0v) is 17.1. The SMILES string of the molecule is CC[Si](CC)(CC)SCC(C)(C)C[Si](C)(OC)OC. The number of rotatable bonds is 10. The van der Waals surface area contributed by atoms with Gasteiger partial charge in [0.1, 0.15) is 7.22 Å². The van der Waals surface area contributed by atoms with E-state index in [2.05, 4.69) is 52.4 Å². The van der Waals surface area contributed by atoms with Crippen LogP contribution >= 0.6 is 11.2 Å². The Bertz CT molecular complexity index is 244. The summed E-state index contributed by atoms with van der Waals surface area (Å²) >= 11 is 2.29. The summed E-state index contributed by atoms with van der Waals surface area (Å²) in [5, 5.41) is 0. The van der Waals surface area contributed by atoms with Gasteiger partial charge in [-0.25, -0.2) is 0 Å². The lowest BCUT2D eigenvalue weighted by molar-refractivity contribution is 0.233. The van der Waals surface area contributed by atoms with Gasteiger partial charge in [-0.3, -0.25) is 0 Å². The van der Waals surface area contributed by atoms with Crippen LogP contribution in [-0.4, -0.2) is 35.8 Å². The predicted octanol–water partition coefficient (Wildman–Crippen LogP) is 5.12. The fourth-order valence-electron chi connectivity index (χ4n) is 2.55. The Morgan fingerprint density at radius 2 is 1.37 bits per heavy atom. The second-order valence-corrected chi connectivity index (χ2v) is 18.4. The standard InChI is InChI=1S/C14H34O2SSi2/c1-9-19(10-2,11-3)17-12-14(4,5)13-18(8,15-6)16-7/h9-13H2,1-8H3. The lowest BCUT2D eigenvalue weighted by atomic mass is 10.00. The molecule has 0 amide bonds. The Kier molecular flexibility index (Phi) is 8.53. The van der Waals surface area contributed by atoms with Gasteiger partial charge in [0.05, 0.1) is 0 Å². The summed E-state index contributed by atoms with van der Waals surface area (Å²) in [7, 11) is 0.557. The quantitative estimate of drug-likeness (QED) is 0.520. The molecule has 0 N–H and O–H groups in total. The zero-order chi connectivity index (χ0) is 15.2. The molecular formula is C14H34O2SSi2. The monoisotopic (exact) mass is 322 g/mol. The van der Waals surface area contributed by atoms with Gasteiger partial charge in [0.2, 0.25) is 0 Å². The maximum atomic E-state index is 5.65. The average Bonchev–Trinajstić information content (AvgIpc) is 2.40. The second-order valence-electron chi connectivity index (χ2n) is 6.42. The van der Waals surface area contributed by atoms with E-state index in [0.29, 0.717) is 5.41 Å². The molecule has 0 aliphatic carbocycles. The topological polar surface area (TPSA) is 18.5 Å². The molecular weight excluding hydrogens is 288 g/mol. The second kappa shape index (κ2) is 8.22. The maximum absolute atomic E-state index is 5.65. The highest BCUT2D eigenvalue weighted by atomic mass is 32.4. The van der Waals surface area contributed by atoms with Gasteiger partial charge in [0.25, 0.3) is 0 Å². The first-order valence-electron chi connectivity index (χ1n) is 7.46. The van der Waals surface area contributed by atoms with Crippen molar-refractivity contribution in [1.82, 2.24) is 0 Å². The van der Waals surface area contributed by atoms with Crippen LogP contribution < -0.4 is 0 Å². The highest BCUT2D eigenvalue weighted by Gasteiger charge is 2.38. The molecule has 0 saturated carbocycles. The van der Waals surface area contributed by atoms with Gasteiger partial charge in [-0.15, -0.1) is 0 Å². The van der Waals surface area contributed by atoms with Crippen LogP contribution in [0.1, 0.15) is 34.6 Å². The number of hydrogen-bond acceptors (Lipinski definition) is 3. The van der Waals surface area contributed by atoms with Crippen molar-refractivity contribution in [3.63, 3.8) is 0 Å². The van der Waals surface area contributed by atoms with Crippen molar-refractivity contribution in [3.8, 4) is 0 Å². The van der Waals surface area contributed by atoms with Gasteiger partial charge in [-0.1, -0.05) is 52.8 Å². The Labute approximate surface area is 126 Å². The minimum Gasteiger partial charge on any atom is -0.398 e. The molecule has 0 aliphatic heterocycles. The molecule has 5 heteroatoms. The van der Waals surface area contributed by atoms with Crippen molar-refractivity contribution in [3.05, 3.63) is 0 Å². The first-order valence-corrected chi connectivity index (χ1v) is 14.3. The lowest BCUT2D eigenvalue weighted by Gasteiger charge is -2.36. The van der Waals surface area contributed by atoms with Crippen molar-refractivity contribution in [1.29, 1.82) is 0 Å². The minimum absolute atomic E-state index is 0.301. The van der Waals surface area contributed by atoms with E-state index in [0.717, 1.165) is 6.04 Å². The van der Waals surface area contributed by atoms with Crippen LogP contribution in [0.4, 0.5) is 0 Å². The zero-order valence-electron chi connectivity index (χ0n) is 14.3. The smallest absolute Gasteiger partial charge is 0.334 e. The van der Waals surface area contributed by atoms with Crippen molar-refractivity contribution < 1.29 is 8.85 Å².